The fourth-order valence-electron chi connectivity index (χ4n) is 3.55. The van der Waals surface area contributed by atoms with Crippen LogP contribution in [0.3, 0.4) is 0 Å². The molecular formula is C22H21ClF4N2O2S. The molecule has 4 nitrogen and oxygen atoms in total. The van der Waals surface area contributed by atoms with Crippen molar-refractivity contribution < 1.29 is 27.4 Å². The number of hydrogen-bond donors (Lipinski definition) is 2. The van der Waals surface area contributed by atoms with Crippen LogP contribution in [-0.2, 0) is 0 Å². The van der Waals surface area contributed by atoms with Gasteiger partial charge < -0.3 is 15.2 Å². The number of pyridine rings is 1. The minimum absolute atomic E-state index is 0.131. The number of nitrogens with zero attached hydrogens (tertiary/aromatic N) is 1. The highest BCUT2D eigenvalue weighted by molar-refractivity contribution is 7.98. The molecule has 3 aromatic rings. The average Bonchev–Trinajstić information content (AvgIpc) is 2.70. The molecule has 0 amide bonds. The maximum absolute atomic E-state index is 14.6. The molecule has 0 aliphatic heterocycles. The normalized spacial score (nSPS) is 14.8. The van der Waals surface area contributed by atoms with E-state index in [1.54, 1.807) is 37.3 Å². The van der Waals surface area contributed by atoms with Crippen molar-refractivity contribution >= 4 is 40.0 Å². The van der Waals surface area contributed by atoms with Crippen LogP contribution in [-0.4, -0.2) is 41.0 Å². The summed E-state index contributed by atoms with van der Waals surface area (Å²) in [6.07, 6.45) is -3.62. The number of hydrogen-bond acceptors (Lipinski definition) is 5. The number of methoxy groups -OCH3 is 1. The molecule has 2 aromatic carbocycles. The lowest BCUT2D eigenvalue weighted by Crippen LogP contribution is -2.54. The third kappa shape index (κ3) is 4.60. The summed E-state index contributed by atoms with van der Waals surface area (Å²) in [6, 6.07) is 8.61. The highest BCUT2D eigenvalue weighted by atomic mass is 35.5. The largest absolute Gasteiger partial charge is 0.493 e. The Hall–Kier alpha value is -2.23. The summed E-state index contributed by atoms with van der Waals surface area (Å²) in [7, 11) is 1.14. The standard InChI is InChI=1S/C22H21ClF4N2O2S/c1-12-7-8-14-17(28-12)5-4-6-18(14)29-20(21(30,11-32-3)22(25,26)27)15-9-13(23)10-16(24)19(15)31-2/h4-10,20,29-30H,11H2,1-3H3. The van der Waals surface area contributed by atoms with Gasteiger partial charge in [-0.25, -0.2) is 4.39 Å². The molecule has 0 radical (unpaired) electrons. The predicted octanol–water partition coefficient (Wildman–Crippen LogP) is 6.15. The number of halogens is 5. The molecular weight excluding hydrogens is 468 g/mol. The first kappa shape index (κ1) is 24.4. The third-order valence-electron chi connectivity index (χ3n) is 5.06. The summed E-state index contributed by atoms with van der Waals surface area (Å²) < 4.78 is 62.4. The van der Waals surface area contributed by atoms with Crippen molar-refractivity contribution in [2.75, 3.05) is 24.4 Å². The Morgan fingerprint density at radius 2 is 1.94 bits per heavy atom. The molecule has 172 valence electrons. The number of fused-ring (bicyclic) bond motifs is 1. The summed E-state index contributed by atoms with van der Waals surface area (Å²) in [5, 5.41) is 14.2. The number of aryl methyl sites for hydroxylation is 1. The van der Waals surface area contributed by atoms with E-state index in [2.05, 4.69) is 10.3 Å². The lowest BCUT2D eigenvalue weighted by Gasteiger charge is -2.39. The van der Waals surface area contributed by atoms with Gasteiger partial charge in [-0.3, -0.25) is 4.98 Å². The maximum atomic E-state index is 14.6. The zero-order valence-corrected chi connectivity index (χ0v) is 19.0. The molecule has 0 saturated carbocycles. The van der Waals surface area contributed by atoms with E-state index in [1.807, 2.05) is 0 Å². The Labute approximate surface area is 191 Å². The van der Waals surface area contributed by atoms with Gasteiger partial charge in [-0.1, -0.05) is 17.7 Å². The molecule has 0 bridgehead atoms. The Balaban J connectivity index is 2.28. The molecule has 1 aromatic heterocycles. The van der Waals surface area contributed by atoms with Crippen LogP contribution in [0.5, 0.6) is 5.75 Å². The molecule has 2 unspecified atom stereocenters. The molecule has 0 spiro atoms. The molecule has 32 heavy (non-hydrogen) atoms. The predicted molar refractivity (Wildman–Crippen MR) is 120 cm³/mol. The number of aliphatic hydroxyl groups is 1. The second-order valence-corrected chi connectivity index (χ2v) is 8.57. The van der Waals surface area contributed by atoms with Gasteiger partial charge in [0.15, 0.2) is 17.2 Å². The Bertz CT molecular complexity index is 1130. The minimum atomic E-state index is -5.06. The summed E-state index contributed by atoms with van der Waals surface area (Å²) in [4.78, 5) is 4.39. The average molecular weight is 489 g/mol. The van der Waals surface area contributed by atoms with E-state index in [1.165, 1.54) is 6.26 Å². The summed E-state index contributed by atoms with van der Waals surface area (Å²) in [5.41, 5.74) is -1.97. The van der Waals surface area contributed by atoms with Crippen LogP contribution in [0.25, 0.3) is 10.9 Å². The van der Waals surface area contributed by atoms with Gasteiger partial charge in [-0.15, -0.1) is 0 Å². The van der Waals surface area contributed by atoms with Gasteiger partial charge in [0.25, 0.3) is 0 Å². The van der Waals surface area contributed by atoms with Crippen molar-refractivity contribution in [3.05, 3.63) is 64.6 Å². The molecule has 10 heteroatoms. The highest BCUT2D eigenvalue weighted by Crippen LogP contribution is 2.47. The van der Waals surface area contributed by atoms with Crippen molar-refractivity contribution in [2.45, 2.75) is 24.7 Å². The lowest BCUT2D eigenvalue weighted by molar-refractivity contribution is -0.256. The van der Waals surface area contributed by atoms with Gasteiger partial charge >= 0.3 is 6.18 Å². The Kier molecular flexibility index (Phi) is 7.12. The van der Waals surface area contributed by atoms with E-state index in [9.17, 15) is 22.7 Å². The third-order valence-corrected chi connectivity index (χ3v) is 6.00. The summed E-state index contributed by atoms with van der Waals surface area (Å²) >= 11 is 6.79. The van der Waals surface area contributed by atoms with Crippen molar-refractivity contribution in [1.29, 1.82) is 0 Å². The molecule has 0 fully saturated rings. The number of nitrogens with one attached hydrogen (secondary N) is 1. The summed E-state index contributed by atoms with van der Waals surface area (Å²) in [6.45, 7) is 1.79. The van der Waals surface area contributed by atoms with E-state index in [-0.39, 0.29) is 16.3 Å². The molecule has 0 aliphatic carbocycles. The second kappa shape index (κ2) is 9.33. The van der Waals surface area contributed by atoms with E-state index >= 15 is 0 Å². The van der Waals surface area contributed by atoms with Crippen molar-refractivity contribution in [2.24, 2.45) is 0 Å². The van der Waals surface area contributed by atoms with Crippen molar-refractivity contribution in [3.8, 4) is 5.75 Å². The summed E-state index contributed by atoms with van der Waals surface area (Å²) in [5.74, 6) is -2.09. The SMILES string of the molecule is COc1c(F)cc(Cl)cc1C(Nc1cccc2nc(C)ccc12)C(O)(CSC)C(F)(F)F. The number of aromatic nitrogens is 1. The van der Waals surface area contributed by atoms with Crippen LogP contribution in [0.4, 0.5) is 23.2 Å². The number of anilines is 1. The van der Waals surface area contributed by atoms with Crippen LogP contribution in [0.1, 0.15) is 17.3 Å². The zero-order valence-electron chi connectivity index (χ0n) is 17.4. The Morgan fingerprint density at radius 3 is 2.56 bits per heavy atom. The minimum Gasteiger partial charge on any atom is -0.493 e. The molecule has 0 saturated heterocycles. The zero-order chi connectivity index (χ0) is 23.7. The molecule has 2 atom stereocenters. The Morgan fingerprint density at radius 1 is 1.22 bits per heavy atom. The van der Waals surface area contributed by atoms with E-state index in [0.29, 0.717) is 10.9 Å². The number of rotatable bonds is 7. The first-order valence-electron chi connectivity index (χ1n) is 9.45. The van der Waals surface area contributed by atoms with Crippen molar-refractivity contribution in [1.82, 2.24) is 4.98 Å². The number of benzene rings is 2. The van der Waals surface area contributed by atoms with Gasteiger partial charge in [0.2, 0.25) is 0 Å². The van der Waals surface area contributed by atoms with Gasteiger partial charge in [0.05, 0.1) is 18.7 Å². The fraction of sp³-hybridized carbons (Fsp3) is 0.318. The second-order valence-electron chi connectivity index (χ2n) is 7.27. The van der Waals surface area contributed by atoms with E-state index < -0.39 is 35.1 Å². The van der Waals surface area contributed by atoms with Gasteiger partial charge in [0.1, 0.15) is 0 Å². The maximum Gasteiger partial charge on any atom is 0.420 e. The molecule has 2 N–H and O–H groups in total. The monoisotopic (exact) mass is 488 g/mol. The molecule has 3 rings (SSSR count). The van der Waals surface area contributed by atoms with Crippen molar-refractivity contribution in [3.63, 3.8) is 0 Å². The van der Waals surface area contributed by atoms with Gasteiger partial charge in [-0.2, -0.15) is 24.9 Å². The van der Waals surface area contributed by atoms with Gasteiger partial charge in [-0.05, 0) is 49.6 Å². The first-order chi connectivity index (χ1) is 15.0. The van der Waals surface area contributed by atoms with Crippen LogP contribution in [0.2, 0.25) is 5.02 Å². The van der Waals surface area contributed by atoms with E-state index in [0.717, 1.165) is 36.7 Å². The quantitative estimate of drug-likeness (QED) is 0.390. The van der Waals surface area contributed by atoms with Gasteiger partial charge in [0, 0.05) is 33.1 Å². The van der Waals surface area contributed by atoms with Crippen LogP contribution < -0.4 is 10.1 Å². The lowest BCUT2D eigenvalue weighted by atomic mass is 9.88. The number of thioether (sulfide) groups is 1. The number of alkyl halides is 3. The van der Waals surface area contributed by atoms with Crippen LogP contribution in [0.15, 0.2) is 42.5 Å². The molecule has 0 aliphatic rings. The fourth-order valence-corrected chi connectivity index (χ4v) is 4.54. The van der Waals surface area contributed by atoms with Crippen LogP contribution in [0, 0.1) is 12.7 Å². The highest BCUT2D eigenvalue weighted by Gasteiger charge is 2.59. The van der Waals surface area contributed by atoms with Crippen LogP contribution >= 0.6 is 23.4 Å². The molecule has 1 heterocycles. The smallest absolute Gasteiger partial charge is 0.420 e. The van der Waals surface area contributed by atoms with E-state index in [4.69, 9.17) is 16.3 Å². The number of ether oxygens (including phenoxy) is 1. The first-order valence-corrected chi connectivity index (χ1v) is 11.2. The topological polar surface area (TPSA) is 54.4 Å².